The van der Waals surface area contributed by atoms with E-state index in [1.807, 2.05) is 0 Å². The van der Waals surface area contributed by atoms with Gasteiger partial charge in [0.15, 0.2) is 11.6 Å². The number of hydrogen-bond acceptors (Lipinski definition) is 3. The highest BCUT2D eigenvalue weighted by Gasteiger charge is 2.19. The van der Waals surface area contributed by atoms with Gasteiger partial charge in [-0.05, 0) is 35.9 Å². The average Bonchev–Trinajstić information content (AvgIpc) is 2.59. The molecule has 1 N–H and O–H groups in total. The minimum Gasteiger partial charge on any atom is -0.306 e. The van der Waals surface area contributed by atoms with Crippen molar-refractivity contribution in [3.05, 3.63) is 77.8 Å². The zero-order valence-corrected chi connectivity index (χ0v) is 12.4. The van der Waals surface area contributed by atoms with Crippen LogP contribution in [-0.2, 0) is 0 Å². The van der Waals surface area contributed by atoms with Crippen molar-refractivity contribution in [2.24, 2.45) is 0 Å². The van der Waals surface area contributed by atoms with Crippen molar-refractivity contribution in [1.29, 1.82) is 0 Å². The molecule has 0 fully saturated rings. The van der Waals surface area contributed by atoms with E-state index in [0.29, 0.717) is 0 Å². The normalized spacial score (nSPS) is 10.6. The van der Waals surface area contributed by atoms with E-state index in [1.165, 1.54) is 12.3 Å². The number of pyridine rings is 2. The number of aromatic nitrogens is 2. The van der Waals surface area contributed by atoms with Gasteiger partial charge < -0.3 is 5.32 Å². The number of nitrogens with one attached hydrogen (secondary N) is 1. The van der Waals surface area contributed by atoms with Gasteiger partial charge in [0.1, 0.15) is 17.5 Å². The summed E-state index contributed by atoms with van der Waals surface area (Å²) in [6.45, 7) is 0. The van der Waals surface area contributed by atoms with Gasteiger partial charge in [-0.2, -0.15) is 0 Å². The Morgan fingerprint density at radius 3 is 2.36 bits per heavy atom. The third-order valence-electron chi connectivity index (χ3n) is 3.28. The van der Waals surface area contributed by atoms with Gasteiger partial charge in [0.2, 0.25) is 0 Å². The van der Waals surface area contributed by atoms with Crippen LogP contribution in [0.2, 0.25) is 0 Å². The molecule has 4 nitrogen and oxygen atoms in total. The number of amides is 1. The van der Waals surface area contributed by atoms with Crippen LogP contribution in [0.3, 0.4) is 0 Å². The summed E-state index contributed by atoms with van der Waals surface area (Å²) in [6.07, 6.45) is 3.07. The SMILES string of the molecule is O=C(Nc1ccc(F)cn1)c1cc(-c2cncc(F)c2)cc(F)c1F. The Bertz CT molecular complexity index is 945. The van der Waals surface area contributed by atoms with Crippen LogP contribution in [0.1, 0.15) is 10.4 Å². The van der Waals surface area contributed by atoms with Gasteiger partial charge in [-0.15, -0.1) is 0 Å². The molecule has 0 aliphatic rings. The number of rotatable bonds is 3. The van der Waals surface area contributed by atoms with Gasteiger partial charge in [0, 0.05) is 11.8 Å². The van der Waals surface area contributed by atoms with Crippen molar-refractivity contribution >= 4 is 11.7 Å². The van der Waals surface area contributed by atoms with E-state index < -0.39 is 34.7 Å². The lowest BCUT2D eigenvalue weighted by Gasteiger charge is -2.09. The molecule has 8 heteroatoms. The monoisotopic (exact) mass is 347 g/mol. The molecular weight excluding hydrogens is 338 g/mol. The summed E-state index contributed by atoms with van der Waals surface area (Å²) in [5.41, 5.74) is -0.360. The molecule has 1 aromatic carbocycles. The fourth-order valence-corrected chi connectivity index (χ4v) is 2.12. The van der Waals surface area contributed by atoms with Crippen LogP contribution in [0.4, 0.5) is 23.4 Å². The van der Waals surface area contributed by atoms with Gasteiger partial charge in [-0.25, -0.2) is 22.5 Å². The van der Waals surface area contributed by atoms with Crippen LogP contribution < -0.4 is 5.32 Å². The van der Waals surface area contributed by atoms with Crippen LogP contribution in [-0.4, -0.2) is 15.9 Å². The highest BCUT2D eigenvalue weighted by Crippen LogP contribution is 2.25. The largest absolute Gasteiger partial charge is 0.306 e. The minimum atomic E-state index is -1.37. The molecular formula is C17H9F4N3O. The van der Waals surface area contributed by atoms with Gasteiger partial charge in [-0.1, -0.05) is 0 Å². The van der Waals surface area contributed by atoms with Crippen LogP contribution in [0, 0.1) is 23.3 Å². The summed E-state index contributed by atoms with van der Waals surface area (Å²) >= 11 is 0. The van der Waals surface area contributed by atoms with E-state index in [0.717, 1.165) is 36.7 Å². The highest BCUT2D eigenvalue weighted by molar-refractivity contribution is 6.04. The predicted octanol–water partition coefficient (Wildman–Crippen LogP) is 3.95. The maximum absolute atomic E-state index is 14.0. The summed E-state index contributed by atoms with van der Waals surface area (Å²) in [4.78, 5) is 19.4. The summed E-state index contributed by atoms with van der Waals surface area (Å²) in [5.74, 6) is -4.95. The molecule has 0 saturated heterocycles. The molecule has 0 aliphatic carbocycles. The maximum Gasteiger partial charge on any atom is 0.259 e. The Hall–Kier alpha value is -3.29. The molecule has 0 spiro atoms. The quantitative estimate of drug-likeness (QED) is 0.730. The molecule has 0 bridgehead atoms. The zero-order valence-electron chi connectivity index (χ0n) is 12.4. The number of benzene rings is 1. The first-order valence-electron chi connectivity index (χ1n) is 6.97. The molecule has 25 heavy (non-hydrogen) atoms. The van der Waals surface area contributed by atoms with E-state index in [9.17, 15) is 22.4 Å². The highest BCUT2D eigenvalue weighted by atomic mass is 19.2. The van der Waals surface area contributed by atoms with Crippen molar-refractivity contribution in [3.63, 3.8) is 0 Å². The van der Waals surface area contributed by atoms with Crippen molar-refractivity contribution in [3.8, 4) is 11.1 Å². The van der Waals surface area contributed by atoms with Gasteiger partial charge in [-0.3, -0.25) is 9.78 Å². The second kappa shape index (κ2) is 6.68. The zero-order chi connectivity index (χ0) is 18.0. The van der Waals surface area contributed by atoms with Gasteiger partial charge in [0.05, 0.1) is 18.0 Å². The van der Waals surface area contributed by atoms with Crippen LogP contribution in [0.15, 0.2) is 48.9 Å². The number of carbonyl (C=O) groups is 1. The fraction of sp³-hybridized carbons (Fsp3) is 0. The Morgan fingerprint density at radius 1 is 0.880 bits per heavy atom. The third-order valence-corrected chi connectivity index (χ3v) is 3.28. The molecule has 2 heterocycles. The standard InChI is InChI=1S/C17H9F4N3O/c18-11-1-2-15(23-8-11)24-17(25)13-4-9(5-14(20)16(13)21)10-3-12(19)7-22-6-10/h1-8H,(H,23,24,25). The second-order valence-corrected chi connectivity index (χ2v) is 5.03. The maximum atomic E-state index is 14.0. The van der Waals surface area contributed by atoms with E-state index in [1.54, 1.807) is 0 Å². The molecule has 3 rings (SSSR count). The Morgan fingerprint density at radius 2 is 1.68 bits per heavy atom. The lowest BCUT2D eigenvalue weighted by Crippen LogP contribution is -2.15. The number of anilines is 1. The van der Waals surface area contributed by atoms with E-state index >= 15 is 0 Å². The Kier molecular flexibility index (Phi) is 4.42. The summed E-state index contributed by atoms with van der Waals surface area (Å²) < 4.78 is 53.9. The van der Waals surface area contributed by atoms with E-state index in [2.05, 4.69) is 15.3 Å². The molecule has 126 valence electrons. The molecule has 0 unspecified atom stereocenters. The van der Waals surface area contributed by atoms with E-state index in [-0.39, 0.29) is 16.9 Å². The lowest BCUT2D eigenvalue weighted by atomic mass is 10.0. The minimum absolute atomic E-state index is 0.0379. The molecule has 1 amide bonds. The average molecular weight is 347 g/mol. The summed E-state index contributed by atoms with van der Waals surface area (Å²) in [5, 5.41) is 2.23. The molecule has 0 aliphatic heterocycles. The van der Waals surface area contributed by atoms with Gasteiger partial charge >= 0.3 is 0 Å². The first-order valence-corrected chi connectivity index (χ1v) is 6.97. The smallest absolute Gasteiger partial charge is 0.259 e. The Balaban J connectivity index is 1.97. The van der Waals surface area contributed by atoms with Crippen molar-refractivity contribution in [2.45, 2.75) is 0 Å². The van der Waals surface area contributed by atoms with Gasteiger partial charge in [0.25, 0.3) is 5.91 Å². The van der Waals surface area contributed by atoms with Crippen LogP contribution in [0.5, 0.6) is 0 Å². The van der Waals surface area contributed by atoms with Crippen LogP contribution in [0.25, 0.3) is 11.1 Å². The van der Waals surface area contributed by atoms with Crippen LogP contribution >= 0.6 is 0 Å². The number of carbonyl (C=O) groups excluding carboxylic acids is 1. The van der Waals surface area contributed by atoms with Crippen molar-refractivity contribution < 1.29 is 22.4 Å². The topological polar surface area (TPSA) is 54.9 Å². The number of hydrogen-bond donors (Lipinski definition) is 1. The molecule has 0 saturated carbocycles. The number of nitrogens with zero attached hydrogens (tertiary/aromatic N) is 2. The molecule has 0 atom stereocenters. The number of halogens is 4. The second-order valence-electron chi connectivity index (χ2n) is 5.03. The van der Waals surface area contributed by atoms with Crippen molar-refractivity contribution in [1.82, 2.24) is 9.97 Å². The predicted molar refractivity (Wildman–Crippen MR) is 81.7 cm³/mol. The lowest BCUT2D eigenvalue weighted by molar-refractivity contribution is 0.102. The molecule has 0 radical (unpaired) electrons. The molecule has 2 aromatic heterocycles. The van der Waals surface area contributed by atoms with E-state index in [4.69, 9.17) is 0 Å². The third kappa shape index (κ3) is 3.63. The molecule has 3 aromatic rings. The van der Waals surface area contributed by atoms with Crippen molar-refractivity contribution in [2.75, 3.05) is 5.32 Å². The fourth-order valence-electron chi connectivity index (χ4n) is 2.12. The summed E-state index contributed by atoms with van der Waals surface area (Å²) in [6, 6.07) is 5.19. The Labute approximate surface area is 139 Å². The first kappa shape index (κ1) is 16.6. The summed E-state index contributed by atoms with van der Waals surface area (Å²) in [7, 11) is 0. The first-order chi connectivity index (χ1) is 11.9.